The van der Waals surface area contributed by atoms with E-state index in [-0.39, 0.29) is 0 Å². The van der Waals surface area contributed by atoms with E-state index in [1.807, 2.05) is 24.3 Å². The lowest BCUT2D eigenvalue weighted by Gasteiger charge is -2.07. The third-order valence-corrected chi connectivity index (χ3v) is 3.66. The van der Waals surface area contributed by atoms with Crippen LogP contribution in [0, 0.1) is 0 Å². The van der Waals surface area contributed by atoms with Gasteiger partial charge in [0.15, 0.2) is 0 Å². The van der Waals surface area contributed by atoms with Crippen molar-refractivity contribution in [1.82, 2.24) is 15.0 Å². The monoisotopic (exact) mass is 255 g/mol. The van der Waals surface area contributed by atoms with Crippen LogP contribution in [0.1, 0.15) is 25.6 Å². The minimum atomic E-state index is 0.316. The summed E-state index contributed by atoms with van der Waals surface area (Å²) in [4.78, 5) is 13.7. The molecule has 3 heterocycles. The number of nitrogens with zero attached hydrogens (tertiary/aromatic N) is 3. The highest BCUT2D eigenvalue weighted by atomic mass is 32.1. The van der Waals surface area contributed by atoms with Crippen LogP contribution in [0.25, 0.3) is 21.6 Å². The second-order valence-corrected chi connectivity index (χ2v) is 5.35. The molecule has 0 aliphatic heterocycles. The third kappa shape index (κ3) is 1.88. The lowest BCUT2D eigenvalue weighted by molar-refractivity contribution is 0.784. The lowest BCUT2D eigenvalue weighted by atomic mass is 10.2. The van der Waals surface area contributed by atoms with Crippen molar-refractivity contribution in [2.45, 2.75) is 19.8 Å². The standard InChI is InChI=1S/C14H13N3S/c1-9(2)14-16-11-6-8-18-13(11)12(17-14)10-5-3-4-7-15-10/h3-9H,1-2H3. The third-order valence-electron chi connectivity index (χ3n) is 2.74. The molecule has 0 aliphatic rings. The quantitative estimate of drug-likeness (QED) is 0.697. The SMILES string of the molecule is CC(C)c1nc(-c2ccccn2)c2sccc2n1. The van der Waals surface area contributed by atoms with E-state index in [1.54, 1.807) is 17.5 Å². The maximum Gasteiger partial charge on any atom is 0.132 e. The van der Waals surface area contributed by atoms with Crippen LogP contribution in [-0.4, -0.2) is 15.0 Å². The second-order valence-electron chi connectivity index (χ2n) is 4.44. The Kier molecular flexibility index (Phi) is 2.80. The van der Waals surface area contributed by atoms with Crippen LogP contribution in [0.4, 0.5) is 0 Å². The van der Waals surface area contributed by atoms with Gasteiger partial charge in [-0.1, -0.05) is 19.9 Å². The van der Waals surface area contributed by atoms with Gasteiger partial charge in [0.25, 0.3) is 0 Å². The fourth-order valence-corrected chi connectivity index (χ4v) is 2.65. The minimum Gasteiger partial charge on any atom is -0.255 e. The smallest absolute Gasteiger partial charge is 0.132 e. The van der Waals surface area contributed by atoms with Crippen molar-refractivity contribution in [3.8, 4) is 11.4 Å². The van der Waals surface area contributed by atoms with E-state index >= 15 is 0 Å². The first-order valence-electron chi connectivity index (χ1n) is 5.92. The van der Waals surface area contributed by atoms with Crippen molar-refractivity contribution in [2.75, 3.05) is 0 Å². The molecule has 0 aromatic carbocycles. The van der Waals surface area contributed by atoms with Crippen molar-refractivity contribution < 1.29 is 0 Å². The van der Waals surface area contributed by atoms with Crippen LogP contribution in [0.15, 0.2) is 35.8 Å². The highest BCUT2D eigenvalue weighted by Crippen LogP contribution is 2.30. The van der Waals surface area contributed by atoms with E-state index < -0.39 is 0 Å². The topological polar surface area (TPSA) is 38.7 Å². The van der Waals surface area contributed by atoms with E-state index in [9.17, 15) is 0 Å². The Labute approximate surface area is 110 Å². The predicted octanol–water partition coefficient (Wildman–Crippen LogP) is 3.88. The van der Waals surface area contributed by atoms with Crippen molar-refractivity contribution in [3.05, 3.63) is 41.7 Å². The maximum atomic E-state index is 4.68. The summed E-state index contributed by atoms with van der Waals surface area (Å²) in [6.07, 6.45) is 1.80. The molecule has 3 aromatic rings. The summed E-state index contributed by atoms with van der Waals surface area (Å²) in [5, 5.41) is 2.05. The molecule has 3 aromatic heterocycles. The second kappa shape index (κ2) is 4.46. The molecule has 0 amide bonds. The van der Waals surface area contributed by atoms with E-state index in [2.05, 4.69) is 34.2 Å². The number of rotatable bonds is 2. The van der Waals surface area contributed by atoms with Gasteiger partial charge in [-0.05, 0) is 23.6 Å². The van der Waals surface area contributed by atoms with Crippen LogP contribution in [-0.2, 0) is 0 Å². The minimum absolute atomic E-state index is 0.316. The van der Waals surface area contributed by atoms with E-state index in [0.717, 1.165) is 27.4 Å². The highest BCUT2D eigenvalue weighted by molar-refractivity contribution is 7.17. The van der Waals surface area contributed by atoms with Crippen molar-refractivity contribution >= 4 is 21.6 Å². The van der Waals surface area contributed by atoms with Gasteiger partial charge in [0.1, 0.15) is 11.5 Å². The molecule has 90 valence electrons. The first-order chi connectivity index (χ1) is 8.75. The Balaban J connectivity index is 2.29. The normalized spacial score (nSPS) is 11.3. The van der Waals surface area contributed by atoms with Gasteiger partial charge in [-0.25, -0.2) is 9.97 Å². The molecular formula is C14H13N3S. The Morgan fingerprint density at radius 3 is 2.72 bits per heavy atom. The predicted molar refractivity (Wildman–Crippen MR) is 74.7 cm³/mol. The lowest BCUT2D eigenvalue weighted by Crippen LogP contribution is -1.99. The molecule has 0 spiro atoms. The number of hydrogen-bond donors (Lipinski definition) is 0. The van der Waals surface area contributed by atoms with Crippen LogP contribution < -0.4 is 0 Å². The Hall–Kier alpha value is -1.81. The molecule has 0 bridgehead atoms. The number of pyridine rings is 1. The Bertz CT molecular complexity index is 674. The summed E-state index contributed by atoms with van der Waals surface area (Å²) < 4.78 is 1.11. The molecule has 0 saturated carbocycles. The van der Waals surface area contributed by atoms with Crippen LogP contribution in [0.3, 0.4) is 0 Å². The van der Waals surface area contributed by atoms with Gasteiger partial charge < -0.3 is 0 Å². The Morgan fingerprint density at radius 1 is 1.11 bits per heavy atom. The molecule has 3 rings (SSSR count). The first kappa shape index (κ1) is 11.3. The van der Waals surface area contributed by atoms with Crippen molar-refractivity contribution in [2.24, 2.45) is 0 Å². The molecule has 0 saturated heterocycles. The number of thiophene rings is 1. The van der Waals surface area contributed by atoms with Crippen LogP contribution in [0.5, 0.6) is 0 Å². The van der Waals surface area contributed by atoms with Gasteiger partial charge in [0.05, 0.1) is 15.9 Å². The molecular weight excluding hydrogens is 242 g/mol. The molecule has 4 heteroatoms. The molecule has 3 nitrogen and oxygen atoms in total. The summed E-state index contributed by atoms with van der Waals surface area (Å²) in [7, 11) is 0. The number of fused-ring (bicyclic) bond motifs is 1. The molecule has 0 N–H and O–H groups in total. The van der Waals surface area contributed by atoms with Gasteiger partial charge in [-0.3, -0.25) is 4.98 Å². The molecule has 18 heavy (non-hydrogen) atoms. The fourth-order valence-electron chi connectivity index (χ4n) is 1.82. The van der Waals surface area contributed by atoms with Gasteiger partial charge in [-0.2, -0.15) is 0 Å². The largest absolute Gasteiger partial charge is 0.255 e. The van der Waals surface area contributed by atoms with Crippen molar-refractivity contribution in [3.63, 3.8) is 0 Å². The summed E-state index contributed by atoms with van der Waals surface area (Å²) in [5.74, 6) is 1.19. The van der Waals surface area contributed by atoms with E-state index in [1.165, 1.54) is 0 Å². The van der Waals surface area contributed by atoms with Crippen LogP contribution >= 0.6 is 11.3 Å². The zero-order valence-electron chi connectivity index (χ0n) is 10.3. The summed E-state index contributed by atoms with van der Waals surface area (Å²) in [6, 6.07) is 7.93. The first-order valence-corrected chi connectivity index (χ1v) is 6.80. The summed E-state index contributed by atoms with van der Waals surface area (Å²) in [6.45, 7) is 4.21. The average molecular weight is 255 g/mol. The highest BCUT2D eigenvalue weighted by Gasteiger charge is 2.13. The Morgan fingerprint density at radius 2 is 2.00 bits per heavy atom. The molecule has 0 atom stereocenters. The van der Waals surface area contributed by atoms with Gasteiger partial charge in [0, 0.05) is 12.1 Å². The van der Waals surface area contributed by atoms with Gasteiger partial charge in [-0.15, -0.1) is 11.3 Å². The summed E-state index contributed by atoms with van der Waals surface area (Å²) in [5.41, 5.74) is 2.87. The van der Waals surface area contributed by atoms with Crippen LogP contribution in [0.2, 0.25) is 0 Å². The maximum absolute atomic E-state index is 4.68. The fraction of sp³-hybridized carbons (Fsp3) is 0.214. The van der Waals surface area contributed by atoms with Gasteiger partial charge >= 0.3 is 0 Å². The molecule has 0 unspecified atom stereocenters. The van der Waals surface area contributed by atoms with Crippen molar-refractivity contribution in [1.29, 1.82) is 0 Å². The molecule has 0 aliphatic carbocycles. The van der Waals surface area contributed by atoms with E-state index in [0.29, 0.717) is 5.92 Å². The molecule has 0 fully saturated rings. The zero-order valence-corrected chi connectivity index (χ0v) is 11.1. The van der Waals surface area contributed by atoms with Gasteiger partial charge in [0.2, 0.25) is 0 Å². The zero-order chi connectivity index (χ0) is 12.5. The summed E-state index contributed by atoms with van der Waals surface area (Å²) >= 11 is 1.66. The number of aromatic nitrogens is 3. The van der Waals surface area contributed by atoms with E-state index in [4.69, 9.17) is 0 Å². The molecule has 0 radical (unpaired) electrons. The average Bonchev–Trinajstić information content (AvgIpc) is 2.86. The number of hydrogen-bond acceptors (Lipinski definition) is 4.